The molecule has 0 radical (unpaired) electrons. The predicted molar refractivity (Wildman–Crippen MR) is 69.8 cm³/mol. The molecule has 2 aromatic rings. The van der Waals surface area contributed by atoms with Crippen LogP contribution in [0.1, 0.15) is 19.5 Å². The highest BCUT2D eigenvalue weighted by Crippen LogP contribution is 2.18. The van der Waals surface area contributed by atoms with Crippen LogP contribution in [-0.4, -0.2) is 44.8 Å². The topological polar surface area (TPSA) is 58.4 Å². The zero-order valence-electron chi connectivity index (χ0n) is 11.0. The minimum atomic E-state index is 0.473. The van der Waals surface area contributed by atoms with E-state index in [0.717, 1.165) is 24.6 Å². The number of hydrogen-bond donors (Lipinski definition) is 1. The molecule has 0 spiro atoms. The van der Waals surface area contributed by atoms with E-state index in [0.29, 0.717) is 17.9 Å². The van der Waals surface area contributed by atoms with Crippen LogP contribution in [0.25, 0.3) is 5.78 Å². The average Bonchev–Trinajstić information content (AvgIpc) is 2.74. The van der Waals surface area contributed by atoms with Gasteiger partial charge in [0.2, 0.25) is 0 Å². The standard InChI is InChI=1S/C12H18N6/c1-8-4-11(18-12(16-8)13-7-14-18)17-5-9(2)15-10(3)6-17/h4,7,9-10,15H,5-6H2,1-3H3. The number of hydrogen-bond acceptors (Lipinski definition) is 5. The van der Waals surface area contributed by atoms with E-state index < -0.39 is 0 Å². The van der Waals surface area contributed by atoms with Crippen molar-refractivity contribution >= 4 is 11.6 Å². The molecule has 6 nitrogen and oxygen atoms in total. The number of rotatable bonds is 1. The van der Waals surface area contributed by atoms with E-state index in [-0.39, 0.29) is 0 Å². The molecule has 1 fully saturated rings. The second-order valence-corrected chi connectivity index (χ2v) is 5.10. The third-order valence-corrected chi connectivity index (χ3v) is 3.24. The Bertz CT molecular complexity index is 553. The highest BCUT2D eigenvalue weighted by molar-refractivity contribution is 5.47. The fourth-order valence-corrected chi connectivity index (χ4v) is 2.65. The Morgan fingerprint density at radius 2 is 2.00 bits per heavy atom. The van der Waals surface area contributed by atoms with E-state index in [1.807, 2.05) is 11.4 Å². The first-order chi connectivity index (χ1) is 8.63. The van der Waals surface area contributed by atoms with E-state index in [4.69, 9.17) is 0 Å². The molecule has 0 saturated carbocycles. The monoisotopic (exact) mass is 246 g/mol. The van der Waals surface area contributed by atoms with Gasteiger partial charge in [0.15, 0.2) is 0 Å². The SMILES string of the molecule is Cc1cc(N2CC(C)NC(C)C2)n2ncnc2n1. The Balaban J connectivity index is 2.05. The van der Waals surface area contributed by atoms with Crippen LogP contribution in [0.3, 0.4) is 0 Å². The number of nitrogens with one attached hydrogen (secondary N) is 1. The summed E-state index contributed by atoms with van der Waals surface area (Å²) in [5.74, 6) is 1.75. The van der Waals surface area contributed by atoms with Crippen molar-refractivity contribution in [3.05, 3.63) is 18.1 Å². The molecule has 0 amide bonds. The molecule has 0 aromatic carbocycles. The van der Waals surface area contributed by atoms with Gasteiger partial charge in [0.25, 0.3) is 5.78 Å². The highest BCUT2D eigenvalue weighted by atomic mass is 15.4. The van der Waals surface area contributed by atoms with Gasteiger partial charge >= 0.3 is 0 Å². The van der Waals surface area contributed by atoms with Crippen molar-refractivity contribution in [3.8, 4) is 0 Å². The van der Waals surface area contributed by atoms with Crippen LogP contribution >= 0.6 is 0 Å². The summed E-state index contributed by atoms with van der Waals surface area (Å²) in [5, 5.41) is 7.80. The molecule has 0 aliphatic carbocycles. The molecule has 2 atom stereocenters. The molecule has 1 aliphatic heterocycles. The van der Waals surface area contributed by atoms with Gasteiger partial charge in [-0.15, -0.1) is 0 Å². The number of aromatic nitrogens is 4. The Morgan fingerprint density at radius 1 is 1.28 bits per heavy atom. The van der Waals surface area contributed by atoms with Gasteiger partial charge in [-0.2, -0.15) is 14.6 Å². The maximum atomic E-state index is 4.38. The second kappa shape index (κ2) is 4.20. The number of piperazine rings is 1. The van der Waals surface area contributed by atoms with Crippen LogP contribution in [0.2, 0.25) is 0 Å². The van der Waals surface area contributed by atoms with Crippen molar-refractivity contribution in [2.45, 2.75) is 32.9 Å². The second-order valence-electron chi connectivity index (χ2n) is 5.10. The van der Waals surface area contributed by atoms with E-state index in [2.05, 4.69) is 45.2 Å². The summed E-state index contributed by atoms with van der Waals surface area (Å²) in [6.07, 6.45) is 1.56. The van der Waals surface area contributed by atoms with E-state index in [1.165, 1.54) is 0 Å². The lowest BCUT2D eigenvalue weighted by Gasteiger charge is -2.37. The first kappa shape index (κ1) is 11.4. The van der Waals surface area contributed by atoms with Crippen molar-refractivity contribution in [1.29, 1.82) is 0 Å². The molecule has 6 heteroatoms. The van der Waals surface area contributed by atoms with E-state index >= 15 is 0 Å². The highest BCUT2D eigenvalue weighted by Gasteiger charge is 2.23. The van der Waals surface area contributed by atoms with Gasteiger partial charge < -0.3 is 10.2 Å². The van der Waals surface area contributed by atoms with Crippen LogP contribution in [0.15, 0.2) is 12.4 Å². The van der Waals surface area contributed by atoms with Gasteiger partial charge in [-0.1, -0.05) is 0 Å². The number of nitrogens with zero attached hydrogens (tertiary/aromatic N) is 5. The molecule has 2 aromatic heterocycles. The first-order valence-electron chi connectivity index (χ1n) is 6.32. The molecule has 3 rings (SSSR count). The lowest BCUT2D eigenvalue weighted by molar-refractivity contribution is 0.403. The van der Waals surface area contributed by atoms with Gasteiger partial charge in [0, 0.05) is 36.9 Å². The first-order valence-corrected chi connectivity index (χ1v) is 6.32. The smallest absolute Gasteiger partial charge is 0.254 e. The maximum absolute atomic E-state index is 4.38. The van der Waals surface area contributed by atoms with Gasteiger partial charge in [-0.05, 0) is 20.8 Å². The fourth-order valence-electron chi connectivity index (χ4n) is 2.65. The summed E-state index contributed by atoms with van der Waals surface area (Å²) in [5.41, 5.74) is 0.976. The lowest BCUT2D eigenvalue weighted by Crippen LogP contribution is -2.54. The zero-order chi connectivity index (χ0) is 12.7. The average molecular weight is 246 g/mol. The molecule has 1 N–H and O–H groups in total. The van der Waals surface area contributed by atoms with Crippen molar-refractivity contribution in [2.24, 2.45) is 0 Å². The minimum absolute atomic E-state index is 0.473. The van der Waals surface area contributed by atoms with Crippen LogP contribution in [0.5, 0.6) is 0 Å². The molecular formula is C12H18N6. The molecule has 96 valence electrons. The Kier molecular flexibility index (Phi) is 2.66. The number of fused-ring (bicyclic) bond motifs is 1. The van der Waals surface area contributed by atoms with Gasteiger partial charge in [-0.25, -0.2) is 4.98 Å². The van der Waals surface area contributed by atoms with Gasteiger partial charge in [-0.3, -0.25) is 0 Å². The van der Waals surface area contributed by atoms with Crippen LogP contribution < -0.4 is 10.2 Å². The maximum Gasteiger partial charge on any atom is 0.254 e. The third-order valence-electron chi connectivity index (χ3n) is 3.24. The number of aryl methyl sites for hydroxylation is 1. The van der Waals surface area contributed by atoms with Crippen LogP contribution in [0.4, 0.5) is 5.82 Å². The minimum Gasteiger partial charge on any atom is -0.353 e. The summed E-state index contributed by atoms with van der Waals surface area (Å²) >= 11 is 0. The molecular weight excluding hydrogens is 228 g/mol. The summed E-state index contributed by atoms with van der Waals surface area (Å²) in [6, 6.07) is 3.02. The van der Waals surface area contributed by atoms with Gasteiger partial charge in [0.1, 0.15) is 12.1 Å². The van der Waals surface area contributed by atoms with E-state index in [1.54, 1.807) is 6.33 Å². The zero-order valence-corrected chi connectivity index (χ0v) is 11.0. The Morgan fingerprint density at radius 3 is 2.72 bits per heavy atom. The van der Waals surface area contributed by atoms with Crippen LogP contribution in [0, 0.1) is 6.92 Å². The van der Waals surface area contributed by atoms with Crippen molar-refractivity contribution in [1.82, 2.24) is 24.9 Å². The number of anilines is 1. The van der Waals surface area contributed by atoms with Crippen LogP contribution in [-0.2, 0) is 0 Å². The van der Waals surface area contributed by atoms with Crippen molar-refractivity contribution < 1.29 is 0 Å². The molecule has 0 bridgehead atoms. The Labute approximate surface area is 106 Å². The summed E-state index contributed by atoms with van der Waals surface area (Å²) in [4.78, 5) is 10.9. The van der Waals surface area contributed by atoms with Crippen molar-refractivity contribution in [3.63, 3.8) is 0 Å². The fraction of sp³-hybridized carbons (Fsp3) is 0.583. The molecule has 18 heavy (non-hydrogen) atoms. The van der Waals surface area contributed by atoms with Crippen molar-refractivity contribution in [2.75, 3.05) is 18.0 Å². The predicted octanol–water partition coefficient (Wildman–Crippen LogP) is 0.619. The quantitative estimate of drug-likeness (QED) is 0.799. The molecule has 1 aliphatic rings. The molecule has 2 unspecified atom stereocenters. The summed E-state index contributed by atoms with van der Waals surface area (Å²) in [6.45, 7) is 8.35. The summed E-state index contributed by atoms with van der Waals surface area (Å²) < 4.78 is 1.82. The largest absolute Gasteiger partial charge is 0.353 e. The molecule has 3 heterocycles. The van der Waals surface area contributed by atoms with Gasteiger partial charge in [0.05, 0.1) is 0 Å². The Hall–Kier alpha value is -1.69. The normalized spacial score (nSPS) is 24.7. The molecule has 1 saturated heterocycles. The summed E-state index contributed by atoms with van der Waals surface area (Å²) in [7, 11) is 0. The lowest BCUT2D eigenvalue weighted by atomic mass is 10.1. The third kappa shape index (κ3) is 1.92. The van der Waals surface area contributed by atoms with E-state index in [9.17, 15) is 0 Å².